The maximum absolute atomic E-state index is 13.5. The molecule has 0 aromatic heterocycles. The molecule has 5 nitrogen and oxygen atoms in total. The van der Waals surface area contributed by atoms with Crippen LogP contribution in [0.4, 0.5) is 10.1 Å². The second-order valence-electron chi connectivity index (χ2n) is 5.22. The van der Waals surface area contributed by atoms with Crippen molar-refractivity contribution in [3.8, 4) is 5.75 Å². The fourth-order valence-electron chi connectivity index (χ4n) is 1.96. The zero-order valence-electron chi connectivity index (χ0n) is 13.1. The van der Waals surface area contributed by atoms with Gasteiger partial charge >= 0.3 is 0 Å². The van der Waals surface area contributed by atoms with Gasteiger partial charge in [0.05, 0.1) is 5.56 Å². The highest BCUT2D eigenvalue weighted by molar-refractivity contribution is 6.31. The first-order chi connectivity index (χ1) is 11.3. The Morgan fingerprint density at radius 3 is 2.58 bits per heavy atom. The van der Waals surface area contributed by atoms with Gasteiger partial charge in [-0.3, -0.25) is 9.59 Å². The lowest BCUT2D eigenvalue weighted by Gasteiger charge is -2.16. The first kappa shape index (κ1) is 17.7. The molecule has 0 fully saturated rings. The number of rotatable bonds is 5. The molecule has 0 bridgehead atoms. The molecule has 2 aromatic rings. The predicted molar refractivity (Wildman–Crippen MR) is 89.8 cm³/mol. The minimum atomic E-state index is -0.936. The third-order valence-electron chi connectivity index (χ3n) is 3.32. The van der Waals surface area contributed by atoms with Crippen molar-refractivity contribution in [1.82, 2.24) is 0 Å². The summed E-state index contributed by atoms with van der Waals surface area (Å²) in [5.74, 6) is -1.50. The smallest absolute Gasteiger partial charge is 0.265 e. The summed E-state index contributed by atoms with van der Waals surface area (Å²) in [5.41, 5.74) is 6.13. The van der Waals surface area contributed by atoms with Crippen molar-refractivity contribution in [1.29, 1.82) is 0 Å². The summed E-state index contributed by atoms with van der Waals surface area (Å²) in [6.45, 7) is 3.12. The number of halogens is 2. The Hall–Kier alpha value is -2.60. The maximum atomic E-state index is 13.5. The number of hydrogen-bond donors (Lipinski definition) is 2. The Labute approximate surface area is 143 Å². The minimum Gasteiger partial charge on any atom is -0.480 e. The summed E-state index contributed by atoms with van der Waals surface area (Å²) in [5, 5.41) is 2.87. The van der Waals surface area contributed by atoms with Crippen LogP contribution < -0.4 is 15.8 Å². The lowest BCUT2D eigenvalue weighted by Crippen LogP contribution is -2.31. The minimum absolute atomic E-state index is 0.0727. The predicted octanol–water partition coefficient (Wildman–Crippen LogP) is 3.29. The van der Waals surface area contributed by atoms with Crippen molar-refractivity contribution >= 4 is 29.1 Å². The first-order valence-corrected chi connectivity index (χ1v) is 7.48. The number of benzene rings is 2. The van der Waals surface area contributed by atoms with Crippen LogP contribution in [0, 0.1) is 12.7 Å². The van der Waals surface area contributed by atoms with Crippen LogP contribution in [0.15, 0.2) is 36.4 Å². The van der Waals surface area contributed by atoms with Gasteiger partial charge in [-0.05, 0) is 49.7 Å². The van der Waals surface area contributed by atoms with E-state index in [2.05, 4.69) is 5.32 Å². The quantitative estimate of drug-likeness (QED) is 0.868. The van der Waals surface area contributed by atoms with Crippen molar-refractivity contribution in [2.24, 2.45) is 5.73 Å². The summed E-state index contributed by atoms with van der Waals surface area (Å²) >= 11 is 5.82. The molecule has 0 aliphatic rings. The Morgan fingerprint density at radius 1 is 1.25 bits per heavy atom. The number of amides is 2. The molecule has 2 aromatic carbocycles. The molecule has 7 heteroatoms. The number of hydrogen-bond acceptors (Lipinski definition) is 3. The molecule has 24 heavy (non-hydrogen) atoms. The lowest BCUT2D eigenvalue weighted by atomic mass is 10.2. The standard InChI is InChI=1S/C17H16ClFN2O3/c1-9-3-5-12(8-14(9)19)21-17(23)10(2)24-15-6-4-11(18)7-13(15)16(20)22/h3-8,10H,1-2H3,(H2,20,22)(H,21,23)/t10-/m1/s1. The molecule has 0 aliphatic heterocycles. The number of nitrogens with two attached hydrogens (primary N) is 1. The monoisotopic (exact) mass is 350 g/mol. The number of carbonyl (C=O) groups excluding carboxylic acids is 2. The van der Waals surface area contributed by atoms with Crippen molar-refractivity contribution in [3.63, 3.8) is 0 Å². The van der Waals surface area contributed by atoms with Gasteiger partial charge in [0.1, 0.15) is 11.6 Å². The molecule has 2 amide bonds. The molecule has 0 saturated carbocycles. The van der Waals surface area contributed by atoms with E-state index in [4.69, 9.17) is 22.1 Å². The molecule has 0 saturated heterocycles. The molecule has 0 spiro atoms. The summed E-state index contributed by atoms with van der Waals surface area (Å²) in [7, 11) is 0. The van der Waals surface area contributed by atoms with Gasteiger partial charge in [0, 0.05) is 10.7 Å². The number of primary amides is 1. The molecule has 0 unspecified atom stereocenters. The van der Waals surface area contributed by atoms with E-state index in [1.807, 2.05) is 0 Å². The number of aryl methyl sites for hydroxylation is 1. The third-order valence-corrected chi connectivity index (χ3v) is 3.55. The molecule has 1 atom stereocenters. The number of ether oxygens (including phenoxy) is 1. The molecular weight excluding hydrogens is 335 g/mol. The summed E-state index contributed by atoms with van der Waals surface area (Å²) < 4.78 is 19.0. The highest BCUT2D eigenvalue weighted by Gasteiger charge is 2.19. The van der Waals surface area contributed by atoms with Crippen LogP contribution in [0.5, 0.6) is 5.75 Å². The lowest BCUT2D eigenvalue weighted by molar-refractivity contribution is -0.122. The van der Waals surface area contributed by atoms with Gasteiger partial charge in [-0.2, -0.15) is 0 Å². The van der Waals surface area contributed by atoms with Gasteiger partial charge < -0.3 is 15.8 Å². The average molecular weight is 351 g/mol. The van der Waals surface area contributed by atoms with Gasteiger partial charge in [0.15, 0.2) is 6.10 Å². The Bertz CT molecular complexity index is 795. The molecular formula is C17H16ClFN2O3. The zero-order valence-corrected chi connectivity index (χ0v) is 13.9. The van der Waals surface area contributed by atoms with Crippen molar-refractivity contribution in [2.75, 3.05) is 5.32 Å². The van der Waals surface area contributed by atoms with E-state index in [1.165, 1.54) is 31.2 Å². The topological polar surface area (TPSA) is 81.4 Å². The molecule has 0 heterocycles. The van der Waals surface area contributed by atoms with E-state index in [9.17, 15) is 14.0 Å². The van der Waals surface area contributed by atoms with Crippen LogP contribution in [0.3, 0.4) is 0 Å². The van der Waals surface area contributed by atoms with E-state index in [-0.39, 0.29) is 11.3 Å². The number of nitrogens with one attached hydrogen (secondary N) is 1. The second-order valence-corrected chi connectivity index (χ2v) is 5.65. The van der Waals surface area contributed by atoms with E-state index in [1.54, 1.807) is 19.1 Å². The largest absolute Gasteiger partial charge is 0.480 e. The molecule has 0 radical (unpaired) electrons. The van der Waals surface area contributed by atoms with E-state index in [0.717, 1.165) is 0 Å². The Balaban J connectivity index is 2.11. The summed E-state index contributed by atoms with van der Waals surface area (Å²) in [4.78, 5) is 23.6. The normalized spacial score (nSPS) is 11.7. The number of anilines is 1. The van der Waals surface area contributed by atoms with Crippen molar-refractivity contribution < 1.29 is 18.7 Å². The number of carbonyl (C=O) groups is 2. The third kappa shape index (κ3) is 4.23. The van der Waals surface area contributed by atoms with Crippen molar-refractivity contribution in [3.05, 3.63) is 58.4 Å². The molecule has 3 N–H and O–H groups in total. The summed E-state index contributed by atoms with van der Waals surface area (Å²) in [6, 6.07) is 8.69. The highest BCUT2D eigenvalue weighted by Crippen LogP contribution is 2.24. The van der Waals surface area contributed by atoms with Gasteiger partial charge in [0.2, 0.25) is 0 Å². The molecule has 126 valence electrons. The van der Waals surface area contributed by atoms with E-state index >= 15 is 0 Å². The van der Waals surface area contributed by atoms with Gasteiger partial charge in [-0.15, -0.1) is 0 Å². The fourth-order valence-corrected chi connectivity index (χ4v) is 2.13. The second kappa shape index (κ2) is 7.31. The van der Waals surface area contributed by atoms with Crippen molar-refractivity contribution in [2.45, 2.75) is 20.0 Å². The van der Waals surface area contributed by atoms with Crippen LogP contribution in [0.25, 0.3) is 0 Å². The van der Waals surface area contributed by atoms with Gasteiger partial charge in [-0.25, -0.2) is 4.39 Å². The Morgan fingerprint density at radius 2 is 1.96 bits per heavy atom. The fraction of sp³-hybridized carbons (Fsp3) is 0.176. The highest BCUT2D eigenvalue weighted by atomic mass is 35.5. The van der Waals surface area contributed by atoms with Gasteiger partial charge in [-0.1, -0.05) is 17.7 Å². The Kier molecular flexibility index (Phi) is 5.41. The van der Waals surface area contributed by atoms with E-state index in [0.29, 0.717) is 16.3 Å². The van der Waals surface area contributed by atoms with Crippen LogP contribution >= 0.6 is 11.6 Å². The van der Waals surface area contributed by atoms with Crippen LogP contribution in [-0.4, -0.2) is 17.9 Å². The van der Waals surface area contributed by atoms with E-state index < -0.39 is 23.7 Å². The molecule has 0 aliphatic carbocycles. The first-order valence-electron chi connectivity index (χ1n) is 7.11. The van der Waals surface area contributed by atoms with Crippen LogP contribution in [0.1, 0.15) is 22.8 Å². The zero-order chi connectivity index (χ0) is 17.9. The van der Waals surface area contributed by atoms with Crippen LogP contribution in [-0.2, 0) is 4.79 Å². The summed E-state index contributed by atoms with van der Waals surface area (Å²) in [6.07, 6.45) is -0.936. The maximum Gasteiger partial charge on any atom is 0.265 e. The average Bonchev–Trinajstić information content (AvgIpc) is 2.52. The SMILES string of the molecule is Cc1ccc(NC(=O)[C@@H](C)Oc2ccc(Cl)cc2C(N)=O)cc1F. The van der Waals surface area contributed by atoms with Gasteiger partial charge in [0.25, 0.3) is 11.8 Å². The van der Waals surface area contributed by atoms with Crippen LogP contribution in [0.2, 0.25) is 5.02 Å². The molecule has 2 rings (SSSR count).